The number of amides is 2. The molecule has 0 aromatic heterocycles. The zero-order valence-corrected chi connectivity index (χ0v) is 15.1. The maximum absolute atomic E-state index is 12.0. The van der Waals surface area contributed by atoms with Gasteiger partial charge in [0, 0.05) is 19.5 Å². The van der Waals surface area contributed by atoms with E-state index in [1.165, 1.54) is 19.3 Å². The lowest BCUT2D eigenvalue weighted by Gasteiger charge is -2.23. The third-order valence-corrected chi connectivity index (χ3v) is 4.89. The maximum Gasteiger partial charge on any atom is 0.319 e. The summed E-state index contributed by atoms with van der Waals surface area (Å²) in [6, 6.07) is 3.97. The molecule has 6 heteroatoms. The molecule has 2 amide bonds. The van der Waals surface area contributed by atoms with Gasteiger partial charge in [-0.25, -0.2) is 4.79 Å². The molecule has 0 unspecified atom stereocenters. The minimum Gasteiger partial charge on any atom is -0.335 e. The van der Waals surface area contributed by atoms with Gasteiger partial charge in [0.15, 0.2) is 0 Å². The first-order valence-electron chi connectivity index (χ1n) is 6.28. The van der Waals surface area contributed by atoms with Crippen LogP contribution in [0.15, 0.2) is 25.6 Å². The van der Waals surface area contributed by atoms with E-state index in [-0.39, 0.29) is 6.03 Å². The predicted molar refractivity (Wildman–Crippen MR) is 88.6 cm³/mol. The molecule has 0 saturated heterocycles. The topological polar surface area (TPSA) is 41.1 Å². The lowest BCUT2D eigenvalue weighted by molar-refractivity contribution is 0.244. The van der Waals surface area contributed by atoms with E-state index in [2.05, 4.69) is 58.4 Å². The number of rotatable bonds is 2. The van der Waals surface area contributed by atoms with Crippen molar-refractivity contribution in [2.24, 2.45) is 0 Å². The van der Waals surface area contributed by atoms with Gasteiger partial charge >= 0.3 is 6.03 Å². The summed E-state index contributed by atoms with van der Waals surface area (Å²) in [5.74, 6) is 0. The Hall–Kier alpha value is -0.0700. The molecular weight excluding hydrogens is 440 g/mol. The predicted octanol–water partition coefficient (Wildman–Crippen LogP) is 5.43. The van der Waals surface area contributed by atoms with Gasteiger partial charge in [0.25, 0.3) is 0 Å². The van der Waals surface area contributed by atoms with Crippen molar-refractivity contribution in [2.45, 2.75) is 38.1 Å². The number of hydrogen-bond acceptors (Lipinski definition) is 1. The standard InChI is InChI=1S/C13H15Br3N2O/c14-8-6-10(15)12(11(16)7-8)18-13(19)17-9-4-2-1-3-5-9/h6-7,9H,1-5H2,(H2,17,18,19). The van der Waals surface area contributed by atoms with Gasteiger partial charge in [-0.1, -0.05) is 35.2 Å². The SMILES string of the molecule is O=C(Nc1c(Br)cc(Br)cc1Br)NC1CCCCC1. The van der Waals surface area contributed by atoms with E-state index in [0.29, 0.717) is 6.04 Å². The molecule has 0 heterocycles. The van der Waals surface area contributed by atoms with Crippen molar-refractivity contribution in [3.63, 3.8) is 0 Å². The number of carbonyl (C=O) groups is 1. The quantitative estimate of drug-likeness (QED) is 0.614. The van der Waals surface area contributed by atoms with Gasteiger partial charge in [-0.2, -0.15) is 0 Å². The van der Waals surface area contributed by atoms with Gasteiger partial charge in [0.2, 0.25) is 0 Å². The fourth-order valence-corrected chi connectivity index (χ4v) is 4.70. The highest BCUT2D eigenvalue weighted by molar-refractivity contribution is 9.11. The molecule has 0 atom stereocenters. The van der Waals surface area contributed by atoms with Crippen molar-refractivity contribution < 1.29 is 4.79 Å². The molecule has 0 spiro atoms. The van der Waals surface area contributed by atoms with Crippen LogP contribution in [0.25, 0.3) is 0 Å². The van der Waals surface area contributed by atoms with E-state index in [1.807, 2.05) is 12.1 Å². The summed E-state index contributed by atoms with van der Waals surface area (Å²) in [5.41, 5.74) is 0.747. The Morgan fingerprint density at radius 2 is 1.63 bits per heavy atom. The molecule has 1 aliphatic carbocycles. The highest BCUT2D eigenvalue weighted by Gasteiger charge is 2.17. The highest BCUT2D eigenvalue weighted by Crippen LogP contribution is 2.34. The summed E-state index contributed by atoms with van der Waals surface area (Å²) in [6.45, 7) is 0. The monoisotopic (exact) mass is 452 g/mol. The molecule has 2 N–H and O–H groups in total. The van der Waals surface area contributed by atoms with E-state index in [9.17, 15) is 4.79 Å². The van der Waals surface area contributed by atoms with Crippen molar-refractivity contribution in [1.82, 2.24) is 5.32 Å². The van der Waals surface area contributed by atoms with Crippen LogP contribution in [-0.2, 0) is 0 Å². The van der Waals surface area contributed by atoms with E-state index in [0.717, 1.165) is 31.9 Å². The summed E-state index contributed by atoms with van der Waals surface area (Å²) >= 11 is 10.3. The van der Waals surface area contributed by atoms with Crippen molar-refractivity contribution >= 4 is 59.5 Å². The second-order valence-electron chi connectivity index (χ2n) is 4.68. The second-order valence-corrected chi connectivity index (χ2v) is 7.30. The van der Waals surface area contributed by atoms with Crippen molar-refractivity contribution in [3.8, 4) is 0 Å². The van der Waals surface area contributed by atoms with Crippen molar-refractivity contribution in [2.75, 3.05) is 5.32 Å². The third-order valence-electron chi connectivity index (χ3n) is 3.19. The van der Waals surface area contributed by atoms with Crippen LogP contribution in [0.2, 0.25) is 0 Å². The minimum atomic E-state index is -0.143. The first-order valence-corrected chi connectivity index (χ1v) is 8.66. The molecule has 1 aliphatic rings. The Kier molecular flexibility index (Phi) is 5.71. The largest absolute Gasteiger partial charge is 0.335 e. The molecule has 0 radical (unpaired) electrons. The summed E-state index contributed by atoms with van der Waals surface area (Å²) in [7, 11) is 0. The molecule has 2 rings (SSSR count). The van der Waals surface area contributed by atoms with E-state index < -0.39 is 0 Å². The Labute approximate surface area is 138 Å². The zero-order chi connectivity index (χ0) is 13.8. The summed E-state index contributed by atoms with van der Waals surface area (Å²) in [5, 5.41) is 5.92. The number of benzene rings is 1. The Bertz CT molecular complexity index is 450. The number of anilines is 1. The molecule has 1 fully saturated rings. The van der Waals surface area contributed by atoms with E-state index in [1.54, 1.807) is 0 Å². The van der Waals surface area contributed by atoms with Crippen LogP contribution in [0.3, 0.4) is 0 Å². The van der Waals surface area contributed by atoms with Crippen LogP contribution >= 0.6 is 47.8 Å². The average molecular weight is 455 g/mol. The third kappa shape index (κ3) is 4.46. The summed E-state index contributed by atoms with van der Waals surface area (Å²) < 4.78 is 2.63. The average Bonchev–Trinajstić information content (AvgIpc) is 2.35. The van der Waals surface area contributed by atoms with Crippen LogP contribution in [-0.4, -0.2) is 12.1 Å². The summed E-state index contributed by atoms with van der Waals surface area (Å²) in [4.78, 5) is 12.0. The van der Waals surface area contributed by atoms with Crippen molar-refractivity contribution in [1.29, 1.82) is 0 Å². The molecule has 1 aromatic rings. The second kappa shape index (κ2) is 7.09. The number of halogens is 3. The van der Waals surface area contributed by atoms with Crippen LogP contribution in [0.5, 0.6) is 0 Å². The van der Waals surface area contributed by atoms with Crippen LogP contribution in [0, 0.1) is 0 Å². The van der Waals surface area contributed by atoms with E-state index in [4.69, 9.17) is 0 Å². The molecule has 3 nitrogen and oxygen atoms in total. The molecular formula is C13H15Br3N2O. The molecule has 1 saturated carbocycles. The van der Waals surface area contributed by atoms with Gasteiger partial charge in [0.1, 0.15) is 0 Å². The van der Waals surface area contributed by atoms with Crippen LogP contribution in [0.1, 0.15) is 32.1 Å². The molecule has 0 aliphatic heterocycles. The van der Waals surface area contributed by atoms with Gasteiger partial charge in [-0.15, -0.1) is 0 Å². The fraction of sp³-hybridized carbons (Fsp3) is 0.462. The minimum absolute atomic E-state index is 0.143. The van der Waals surface area contributed by atoms with E-state index >= 15 is 0 Å². The first-order chi connectivity index (χ1) is 9.06. The summed E-state index contributed by atoms with van der Waals surface area (Å²) in [6.07, 6.45) is 5.85. The maximum atomic E-state index is 12.0. The van der Waals surface area contributed by atoms with Crippen LogP contribution < -0.4 is 10.6 Å². The first kappa shape index (κ1) is 15.3. The zero-order valence-electron chi connectivity index (χ0n) is 10.3. The lowest BCUT2D eigenvalue weighted by atomic mass is 9.96. The molecule has 1 aromatic carbocycles. The molecule has 0 bridgehead atoms. The number of hydrogen-bond donors (Lipinski definition) is 2. The molecule has 104 valence electrons. The highest BCUT2D eigenvalue weighted by atomic mass is 79.9. The molecule has 19 heavy (non-hydrogen) atoms. The van der Waals surface area contributed by atoms with Gasteiger partial charge in [0.05, 0.1) is 5.69 Å². The Morgan fingerprint density at radius 3 is 2.21 bits per heavy atom. The van der Waals surface area contributed by atoms with Crippen LogP contribution in [0.4, 0.5) is 10.5 Å². The van der Waals surface area contributed by atoms with Gasteiger partial charge in [-0.3, -0.25) is 0 Å². The van der Waals surface area contributed by atoms with Crippen molar-refractivity contribution in [3.05, 3.63) is 25.6 Å². The number of nitrogens with one attached hydrogen (secondary N) is 2. The number of carbonyl (C=O) groups excluding carboxylic acids is 1. The van der Waals surface area contributed by atoms with Gasteiger partial charge < -0.3 is 10.6 Å². The number of urea groups is 1. The Balaban J connectivity index is 1.98. The fourth-order valence-electron chi connectivity index (χ4n) is 2.24. The normalized spacial score (nSPS) is 16.2. The smallest absolute Gasteiger partial charge is 0.319 e. The van der Waals surface area contributed by atoms with Gasteiger partial charge in [-0.05, 0) is 56.8 Å². The Morgan fingerprint density at radius 1 is 1.05 bits per heavy atom. The lowest BCUT2D eigenvalue weighted by Crippen LogP contribution is -2.39.